The molecule has 0 amide bonds. The van der Waals surface area contributed by atoms with E-state index in [4.69, 9.17) is 4.42 Å². The number of sulfonamides is 1. The van der Waals surface area contributed by atoms with E-state index in [0.29, 0.717) is 24.2 Å². The third-order valence-corrected chi connectivity index (χ3v) is 5.94. The molecule has 0 bridgehead atoms. The van der Waals surface area contributed by atoms with Crippen LogP contribution in [0.4, 0.5) is 0 Å². The minimum atomic E-state index is -3.23. The van der Waals surface area contributed by atoms with Crippen LogP contribution < -0.4 is 5.76 Å². The third kappa shape index (κ3) is 2.51. The minimum absolute atomic E-state index is 0.0878. The van der Waals surface area contributed by atoms with Gasteiger partial charge in [-0.1, -0.05) is 12.1 Å². The van der Waals surface area contributed by atoms with Gasteiger partial charge in [-0.15, -0.1) is 0 Å². The van der Waals surface area contributed by atoms with E-state index < -0.39 is 15.8 Å². The minimum Gasteiger partial charge on any atom is -0.408 e. The zero-order valence-corrected chi connectivity index (χ0v) is 12.7. The van der Waals surface area contributed by atoms with Gasteiger partial charge in [-0.2, -0.15) is 4.31 Å². The van der Waals surface area contributed by atoms with Gasteiger partial charge in [-0.05, 0) is 31.9 Å². The average Bonchev–Trinajstić information content (AvgIpc) is 3.05. The highest BCUT2D eigenvalue weighted by Gasteiger charge is 2.33. The summed E-state index contributed by atoms with van der Waals surface area (Å²) in [7, 11) is -3.23. The Hall–Kier alpha value is -1.60. The summed E-state index contributed by atoms with van der Waals surface area (Å²) in [4.78, 5) is 12.0. The van der Waals surface area contributed by atoms with Crippen molar-refractivity contribution in [2.45, 2.75) is 32.4 Å². The van der Waals surface area contributed by atoms with E-state index in [0.717, 1.165) is 12.8 Å². The van der Waals surface area contributed by atoms with Crippen LogP contribution in [-0.4, -0.2) is 35.6 Å². The number of para-hydroxylation sites is 2. The molecule has 0 spiro atoms. The van der Waals surface area contributed by atoms with Crippen LogP contribution >= 0.6 is 0 Å². The van der Waals surface area contributed by atoms with Crippen LogP contribution in [0.5, 0.6) is 0 Å². The highest BCUT2D eigenvalue weighted by Crippen LogP contribution is 2.23. The maximum atomic E-state index is 12.1. The van der Waals surface area contributed by atoms with Gasteiger partial charge >= 0.3 is 5.76 Å². The summed E-state index contributed by atoms with van der Waals surface area (Å²) < 4.78 is 32.5. The molecule has 1 aliphatic rings. The van der Waals surface area contributed by atoms with Crippen molar-refractivity contribution in [1.82, 2.24) is 8.87 Å². The van der Waals surface area contributed by atoms with Crippen molar-refractivity contribution in [1.29, 1.82) is 0 Å². The van der Waals surface area contributed by atoms with Crippen molar-refractivity contribution in [3.63, 3.8) is 0 Å². The number of nitrogens with zero attached hydrogens (tertiary/aromatic N) is 2. The largest absolute Gasteiger partial charge is 0.420 e. The number of aromatic nitrogens is 1. The maximum absolute atomic E-state index is 12.1. The Morgan fingerprint density at radius 3 is 2.86 bits per heavy atom. The monoisotopic (exact) mass is 310 g/mol. The van der Waals surface area contributed by atoms with E-state index in [-0.39, 0.29) is 11.8 Å². The van der Waals surface area contributed by atoms with E-state index in [1.54, 1.807) is 19.1 Å². The molecule has 6 nitrogen and oxygen atoms in total. The summed E-state index contributed by atoms with van der Waals surface area (Å²) in [5.41, 5.74) is 1.24. The van der Waals surface area contributed by atoms with Gasteiger partial charge in [0, 0.05) is 19.1 Å². The molecule has 2 aromatic rings. The predicted molar refractivity (Wildman–Crippen MR) is 79.7 cm³/mol. The van der Waals surface area contributed by atoms with Gasteiger partial charge in [0.25, 0.3) is 0 Å². The molecule has 0 aliphatic carbocycles. The molecule has 2 heterocycles. The smallest absolute Gasteiger partial charge is 0.408 e. The number of hydrogen-bond acceptors (Lipinski definition) is 4. The topological polar surface area (TPSA) is 72.5 Å². The molecule has 1 aromatic carbocycles. The summed E-state index contributed by atoms with van der Waals surface area (Å²) in [6.45, 7) is 2.52. The van der Waals surface area contributed by atoms with E-state index in [1.807, 2.05) is 12.1 Å². The fraction of sp³-hybridized carbons (Fsp3) is 0.500. The van der Waals surface area contributed by atoms with Gasteiger partial charge in [0.1, 0.15) is 0 Å². The van der Waals surface area contributed by atoms with E-state index in [1.165, 1.54) is 8.87 Å². The molecule has 0 radical (unpaired) electrons. The molecule has 1 aromatic heterocycles. The van der Waals surface area contributed by atoms with Crippen LogP contribution in [-0.2, 0) is 16.6 Å². The molecule has 0 saturated carbocycles. The summed E-state index contributed by atoms with van der Waals surface area (Å²) >= 11 is 0. The summed E-state index contributed by atoms with van der Waals surface area (Å²) in [5, 5.41) is 0. The van der Waals surface area contributed by atoms with Crippen molar-refractivity contribution in [2.24, 2.45) is 0 Å². The van der Waals surface area contributed by atoms with Crippen LogP contribution in [0.25, 0.3) is 11.1 Å². The maximum Gasteiger partial charge on any atom is 0.420 e. The molecule has 3 rings (SSSR count). The predicted octanol–water partition coefficient (Wildman–Crippen LogP) is 1.41. The lowest BCUT2D eigenvalue weighted by Crippen LogP contribution is -2.40. The lowest BCUT2D eigenvalue weighted by atomic mass is 10.2. The third-order valence-electron chi connectivity index (χ3n) is 4.01. The molecule has 1 saturated heterocycles. The molecule has 1 fully saturated rings. The Morgan fingerprint density at radius 2 is 2.10 bits per heavy atom. The van der Waals surface area contributed by atoms with Gasteiger partial charge in [-0.25, -0.2) is 13.2 Å². The van der Waals surface area contributed by atoms with Crippen molar-refractivity contribution in [2.75, 3.05) is 12.3 Å². The second kappa shape index (κ2) is 5.31. The standard InChI is InChI=1S/C14H18N2O4S/c1-2-21(18,19)16-9-5-6-11(16)10-15-12-7-3-4-8-13(12)20-14(15)17/h3-4,7-8,11H,2,5-6,9-10H2,1H3/t11-/m1/s1. The molecular weight excluding hydrogens is 292 g/mol. The van der Waals surface area contributed by atoms with Crippen molar-refractivity contribution < 1.29 is 12.8 Å². The van der Waals surface area contributed by atoms with Crippen LogP contribution in [0, 0.1) is 0 Å². The Labute approximate surface area is 123 Å². The van der Waals surface area contributed by atoms with Gasteiger partial charge in [0.2, 0.25) is 10.0 Å². The first-order valence-electron chi connectivity index (χ1n) is 7.11. The van der Waals surface area contributed by atoms with Crippen LogP contribution in [0.15, 0.2) is 33.5 Å². The zero-order chi connectivity index (χ0) is 15.0. The Kier molecular flexibility index (Phi) is 3.62. The van der Waals surface area contributed by atoms with Crippen molar-refractivity contribution in [3.05, 3.63) is 34.8 Å². The van der Waals surface area contributed by atoms with Gasteiger partial charge in [0.15, 0.2) is 5.58 Å². The first kappa shape index (κ1) is 14.3. The first-order chi connectivity index (χ1) is 10.0. The highest BCUT2D eigenvalue weighted by atomic mass is 32.2. The Morgan fingerprint density at radius 1 is 1.33 bits per heavy atom. The Bertz CT molecular complexity index is 806. The van der Waals surface area contributed by atoms with E-state index >= 15 is 0 Å². The SMILES string of the molecule is CCS(=O)(=O)N1CCC[C@@H]1Cn1c(=O)oc2ccccc21. The lowest BCUT2D eigenvalue weighted by molar-refractivity contribution is 0.344. The second-order valence-corrected chi connectivity index (χ2v) is 7.46. The molecule has 21 heavy (non-hydrogen) atoms. The second-order valence-electron chi connectivity index (χ2n) is 5.25. The first-order valence-corrected chi connectivity index (χ1v) is 8.71. The van der Waals surface area contributed by atoms with Gasteiger partial charge in [0.05, 0.1) is 11.3 Å². The normalized spacial score (nSPS) is 20.3. The summed E-state index contributed by atoms with van der Waals surface area (Å²) in [6, 6.07) is 7.02. The van der Waals surface area contributed by atoms with Gasteiger partial charge < -0.3 is 4.42 Å². The lowest BCUT2D eigenvalue weighted by Gasteiger charge is -2.23. The molecule has 1 atom stereocenters. The number of fused-ring (bicyclic) bond motifs is 1. The zero-order valence-electron chi connectivity index (χ0n) is 11.9. The van der Waals surface area contributed by atoms with Crippen LogP contribution in [0.1, 0.15) is 19.8 Å². The molecule has 7 heteroatoms. The average molecular weight is 310 g/mol. The molecule has 1 aliphatic heterocycles. The number of benzene rings is 1. The fourth-order valence-corrected chi connectivity index (χ4v) is 4.29. The number of rotatable bonds is 4. The quantitative estimate of drug-likeness (QED) is 0.856. The van der Waals surface area contributed by atoms with Gasteiger partial charge in [-0.3, -0.25) is 4.57 Å². The fourth-order valence-electron chi connectivity index (χ4n) is 2.92. The van der Waals surface area contributed by atoms with E-state index in [9.17, 15) is 13.2 Å². The van der Waals surface area contributed by atoms with E-state index in [2.05, 4.69) is 0 Å². The molecular formula is C14H18N2O4S. The van der Waals surface area contributed by atoms with Crippen molar-refractivity contribution >= 4 is 21.1 Å². The molecule has 0 unspecified atom stereocenters. The number of hydrogen-bond donors (Lipinski definition) is 0. The Balaban J connectivity index is 1.95. The molecule has 0 N–H and O–H groups in total. The summed E-state index contributed by atoms with van der Waals surface area (Å²) in [6.07, 6.45) is 1.60. The highest BCUT2D eigenvalue weighted by molar-refractivity contribution is 7.89. The summed E-state index contributed by atoms with van der Waals surface area (Å²) in [5.74, 6) is -0.346. The van der Waals surface area contributed by atoms with Crippen LogP contribution in [0.2, 0.25) is 0 Å². The molecule has 114 valence electrons. The number of oxazole rings is 1. The van der Waals surface area contributed by atoms with Crippen molar-refractivity contribution in [3.8, 4) is 0 Å². The van der Waals surface area contributed by atoms with Crippen LogP contribution in [0.3, 0.4) is 0 Å².